The predicted molar refractivity (Wildman–Crippen MR) is 109 cm³/mol. The number of nitrogens with zero attached hydrogens (tertiary/aromatic N) is 2. The molecule has 0 heterocycles. The fraction of sp³-hybridized carbons (Fsp3) is 0.421. The number of benzene rings is 1. The highest BCUT2D eigenvalue weighted by Gasteiger charge is 2.41. The summed E-state index contributed by atoms with van der Waals surface area (Å²) in [7, 11) is -7.44. The lowest BCUT2D eigenvalue weighted by atomic mass is 10.1. The van der Waals surface area contributed by atoms with Crippen molar-refractivity contribution in [1.82, 2.24) is 0 Å². The van der Waals surface area contributed by atoms with E-state index in [0.29, 0.717) is 11.5 Å². The Hall–Kier alpha value is -2.22. The van der Waals surface area contributed by atoms with Gasteiger partial charge in [-0.05, 0) is 30.4 Å². The molecule has 1 aliphatic carbocycles. The molecule has 0 atom stereocenters. The minimum Gasteiger partial charge on any atom is -0.500 e. The third-order valence-corrected chi connectivity index (χ3v) is 8.51. The number of ether oxygens (including phenoxy) is 1. The molecule has 1 aromatic rings. The van der Waals surface area contributed by atoms with Crippen molar-refractivity contribution in [3.8, 4) is 0 Å². The van der Waals surface area contributed by atoms with Crippen molar-refractivity contribution in [3.05, 3.63) is 59.3 Å². The van der Waals surface area contributed by atoms with E-state index in [2.05, 4.69) is 4.79 Å². The van der Waals surface area contributed by atoms with Crippen molar-refractivity contribution < 1.29 is 26.4 Å². The van der Waals surface area contributed by atoms with E-state index in [4.69, 9.17) is 10.3 Å². The Morgan fingerprint density at radius 3 is 2.36 bits per heavy atom. The number of hydrogen-bond acceptors (Lipinski definition) is 5. The van der Waals surface area contributed by atoms with Crippen LogP contribution in [0.15, 0.2) is 48.2 Å². The smallest absolute Gasteiger partial charge is 0.495 e. The topological polar surface area (TPSA) is 114 Å². The average molecular weight is 425 g/mol. The molecule has 0 aliphatic heterocycles. The summed E-state index contributed by atoms with van der Waals surface area (Å²) >= 11 is 0. The van der Waals surface area contributed by atoms with Crippen LogP contribution in [0.25, 0.3) is 11.6 Å². The Morgan fingerprint density at radius 2 is 1.79 bits per heavy atom. The van der Waals surface area contributed by atoms with E-state index in [1.54, 1.807) is 30.3 Å². The highest BCUT2D eigenvalue weighted by molar-refractivity contribution is 8.31. The Bertz CT molecular complexity index is 984. The molecule has 0 aromatic heterocycles. The first-order valence-electron chi connectivity index (χ1n) is 8.92. The number of rotatable bonds is 7. The fourth-order valence-corrected chi connectivity index (χ4v) is 6.44. The molecule has 0 saturated heterocycles. The van der Waals surface area contributed by atoms with E-state index in [1.165, 1.54) is 19.3 Å². The fourth-order valence-electron chi connectivity index (χ4n) is 3.06. The maximum atomic E-state index is 12.6. The average Bonchev–Trinajstić information content (AvgIpc) is 3.15. The van der Waals surface area contributed by atoms with Crippen LogP contribution in [0.2, 0.25) is 0 Å². The highest BCUT2D eigenvalue weighted by atomic mass is 32.3. The van der Waals surface area contributed by atoms with Gasteiger partial charge in [0.2, 0.25) is 0 Å². The number of sulfone groups is 2. The summed E-state index contributed by atoms with van der Waals surface area (Å²) in [6.07, 6.45) is 8.92. The van der Waals surface area contributed by atoms with Gasteiger partial charge in [0.25, 0.3) is 19.7 Å². The van der Waals surface area contributed by atoms with E-state index < -0.39 is 35.6 Å². The van der Waals surface area contributed by atoms with E-state index >= 15 is 0 Å². The third-order valence-electron chi connectivity index (χ3n) is 4.46. The van der Waals surface area contributed by atoms with Crippen LogP contribution in [0.1, 0.15) is 31.2 Å². The molecule has 0 spiro atoms. The molecule has 0 radical (unpaired) electrons. The van der Waals surface area contributed by atoms with E-state index in [0.717, 1.165) is 25.7 Å². The molecule has 2 rings (SSSR count). The summed E-state index contributed by atoms with van der Waals surface area (Å²) in [5, 5.41) is 0. The van der Waals surface area contributed by atoms with Gasteiger partial charge in [0.1, 0.15) is 11.5 Å². The predicted octanol–water partition coefficient (Wildman–Crippen LogP) is 2.84. The molecular formula is C19H24N2O5S2. The second-order valence-electron chi connectivity index (χ2n) is 6.60. The third kappa shape index (κ3) is 6.15. The summed E-state index contributed by atoms with van der Waals surface area (Å²) in [4.78, 5) is 2.60. The molecule has 1 saturated carbocycles. The Kier molecular flexibility index (Phi) is 7.74. The Morgan fingerprint density at radius 1 is 1.14 bits per heavy atom. The normalized spacial score (nSPS) is 16.2. The van der Waals surface area contributed by atoms with Crippen molar-refractivity contribution in [3.63, 3.8) is 0 Å². The van der Waals surface area contributed by atoms with Gasteiger partial charge in [0, 0.05) is 0 Å². The minimum atomic E-state index is -4.43. The first-order valence-corrected chi connectivity index (χ1v) is 12.2. The van der Waals surface area contributed by atoms with Crippen molar-refractivity contribution in [1.29, 1.82) is 0 Å². The molecule has 0 N–H and O–H groups in total. The second kappa shape index (κ2) is 9.82. The lowest BCUT2D eigenvalue weighted by Crippen LogP contribution is -2.30. The molecule has 1 aromatic carbocycles. The van der Waals surface area contributed by atoms with Gasteiger partial charge >= 0.3 is 4.38 Å². The molecule has 28 heavy (non-hydrogen) atoms. The van der Waals surface area contributed by atoms with Crippen LogP contribution in [0.5, 0.6) is 0 Å². The van der Waals surface area contributed by atoms with Gasteiger partial charge in [-0.1, -0.05) is 55.3 Å². The first-order chi connectivity index (χ1) is 13.3. The molecular weight excluding hydrogens is 400 g/mol. The summed E-state index contributed by atoms with van der Waals surface area (Å²) in [6.45, 7) is 0. The zero-order valence-electron chi connectivity index (χ0n) is 15.7. The molecule has 0 bridgehead atoms. The zero-order chi connectivity index (χ0) is 20.6. The molecule has 1 fully saturated rings. The highest BCUT2D eigenvalue weighted by Crippen LogP contribution is 2.25. The van der Waals surface area contributed by atoms with Crippen LogP contribution in [0.4, 0.5) is 0 Å². The lowest BCUT2D eigenvalue weighted by Gasteiger charge is -2.06. The van der Waals surface area contributed by atoms with Gasteiger partial charge < -0.3 is 10.3 Å². The van der Waals surface area contributed by atoms with Gasteiger partial charge in [-0.2, -0.15) is 0 Å². The minimum absolute atomic E-state index is 0.0315. The lowest BCUT2D eigenvalue weighted by molar-refractivity contribution is 0.00382. The molecule has 0 unspecified atom stereocenters. The number of hydrogen-bond donors (Lipinski definition) is 0. The largest absolute Gasteiger partial charge is 0.500 e. The van der Waals surface area contributed by atoms with Crippen LogP contribution in [0, 0.1) is 5.92 Å². The second-order valence-corrected chi connectivity index (χ2v) is 10.7. The van der Waals surface area contributed by atoms with Crippen LogP contribution in [-0.2, 0) is 24.4 Å². The summed E-state index contributed by atoms with van der Waals surface area (Å²) in [6, 6.07) is 8.85. The van der Waals surface area contributed by atoms with Gasteiger partial charge in [0.15, 0.2) is 0 Å². The van der Waals surface area contributed by atoms with Crippen LogP contribution >= 0.6 is 0 Å². The van der Waals surface area contributed by atoms with Gasteiger partial charge in [0.05, 0.1) is 12.9 Å². The number of allylic oxidation sites excluding steroid dienone is 1. The molecule has 9 heteroatoms. The van der Waals surface area contributed by atoms with Crippen LogP contribution in [-0.4, -0.2) is 44.6 Å². The van der Waals surface area contributed by atoms with Crippen LogP contribution in [0.3, 0.4) is 0 Å². The maximum Gasteiger partial charge on any atom is 0.495 e. The van der Waals surface area contributed by atoms with E-state index in [-0.39, 0.29) is 5.76 Å². The molecule has 1 aliphatic rings. The standard InChI is InChI=1S/C19H24N2O5S2/c1-26-18(14-17-10-3-2-4-11-17)15-28(24,25)19(21-20)27(22,23)13-7-12-16-8-5-6-9-16/h2-4,7,10-12,14,16H,5-6,8-9,13,15H2,1H3. The Labute approximate surface area is 166 Å². The zero-order valence-corrected chi connectivity index (χ0v) is 17.3. The van der Waals surface area contributed by atoms with Gasteiger partial charge in [-0.3, -0.25) is 0 Å². The summed E-state index contributed by atoms with van der Waals surface area (Å²) < 4.78 is 53.8. The SMILES string of the molecule is COC(=Cc1ccccc1)CS(=O)(=O)C(=[N+]=[N-])S(=O)(=O)CC=CC1CCCC1. The quantitative estimate of drug-likeness (QED) is 0.167. The van der Waals surface area contributed by atoms with Gasteiger partial charge in [-0.25, -0.2) is 16.8 Å². The van der Waals surface area contributed by atoms with Crippen molar-refractivity contribution in [2.45, 2.75) is 25.7 Å². The van der Waals surface area contributed by atoms with E-state index in [9.17, 15) is 16.8 Å². The molecule has 7 nitrogen and oxygen atoms in total. The maximum absolute atomic E-state index is 12.6. The van der Waals surface area contributed by atoms with E-state index in [1.807, 2.05) is 6.07 Å². The Balaban J connectivity index is 2.18. The van der Waals surface area contributed by atoms with Crippen molar-refractivity contribution >= 4 is 30.1 Å². The van der Waals surface area contributed by atoms with Crippen molar-refractivity contribution in [2.24, 2.45) is 5.92 Å². The summed E-state index contributed by atoms with van der Waals surface area (Å²) in [5.74, 6) is -0.921. The van der Waals surface area contributed by atoms with Crippen LogP contribution < -0.4 is 0 Å². The number of methoxy groups -OCH3 is 1. The molecule has 0 amide bonds. The monoisotopic (exact) mass is 424 g/mol. The molecule has 152 valence electrons. The summed E-state index contributed by atoms with van der Waals surface area (Å²) in [5.41, 5.74) is 9.82. The van der Waals surface area contributed by atoms with Gasteiger partial charge in [-0.15, -0.1) is 4.79 Å². The first kappa shape index (κ1) is 22.1. The van der Waals surface area contributed by atoms with Crippen molar-refractivity contribution in [2.75, 3.05) is 18.6 Å².